The second kappa shape index (κ2) is 11.9. The number of benzene rings is 5. The van der Waals surface area contributed by atoms with Crippen molar-refractivity contribution in [2.24, 2.45) is 0 Å². The molecule has 0 bridgehead atoms. The summed E-state index contributed by atoms with van der Waals surface area (Å²) in [5.41, 5.74) is 5.31. The maximum absolute atomic E-state index is 15.0. The third kappa shape index (κ3) is 5.24. The lowest BCUT2D eigenvalue weighted by molar-refractivity contribution is 0.0600. The van der Waals surface area contributed by atoms with E-state index < -0.39 is 21.8 Å². The summed E-state index contributed by atoms with van der Waals surface area (Å²) in [6.45, 7) is 3.66. The average Bonchev–Trinajstić information content (AvgIpc) is 3.39. The van der Waals surface area contributed by atoms with Crippen LogP contribution < -0.4 is 0 Å². The fourth-order valence-corrected chi connectivity index (χ4v) is 7.52. The number of nitriles is 1. The Morgan fingerprint density at radius 2 is 1.59 bits per heavy atom. The number of methoxy groups -OCH3 is 1. The molecule has 0 amide bonds. The number of hydrogen-bond donors (Lipinski definition) is 0. The van der Waals surface area contributed by atoms with E-state index >= 15 is 0 Å². The molecule has 0 saturated heterocycles. The molecule has 0 aliphatic carbocycles. The number of ether oxygens (including phenoxy) is 1. The Balaban J connectivity index is 1.73. The van der Waals surface area contributed by atoms with Gasteiger partial charge in [-0.3, -0.25) is 0 Å². The van der Waals surface area contributed by atoms with Gasteiger partial charge in [0.05, 0.1) is 34.3 Å². The maximum Gasteiger partial charge on any atom is 0.337 e. The van der Waals surface area contributed by atoms with Crippen molar-refractivity contribution in [3.63, 3.8) is 0 Å². The van der Waals surface area contributed by atoms with Crippen molar-refractivity contribution < 1.29 is 22.3 Å². The van der Waals surface area contributed by atoms with Crippen LogP contribution in [0.4, 0.5) is 4.39 Å². The van der Waals surface area contributed by atoms with Crippen LogP contribution in [0, 0.1) is 31.0 Å². The van der Waals surface area contributed by atoms with Gasteiger partial charge in [0, 0.05) is 32.7 Å². The summed E-state index contributed by atoms with van der Waals surface area (Å²) in [6, 6.07) is 30.0. The second-order valence-corrected chi connectivity index (χ2v) is 13.0. The summed E-state index contributed by atoms with van der Waals surface area (Å²) in [5, 5.41) is 10.8. The van der Waals surface area contributed by atoms with E-state index in [-0.39, 0.29) is 21.7 Å². The molecule has 5 aromatic carbocycles. The number of esters is 1. The van der Waals surface area contributed by atoms with E-state index in [0.717, 1.165) is 5.56 Å². The van der Waals surface area contributed by atoms with Crippen molar-refractivity contribution >= 4 is 38.5 Å². The summed E-state index contributed by atoms with van der Waals surface area (Å²) in [6.07, 6.45) is 0. The molecule has 6 rings (SSSR count). The number of halogens is 2. The highest BCUT2D eigenvalue weighted by atomic mass is 35.5. The predicted molar refractivity (Wildman–Crippen MR) is 178 cm³/mol. The molecular formula is C37H26ClFN2O4S. The highest BCUT2D eigenvalue weighted by molar-refractivity contribution is 7.90. The van der Waals surface area contributed by atoms with Crippen molar-refractivity contribution in [3.8, 4) is 39.6 Å². The van der Waals surface area contributed by atoms with Crippen molar-refractivity contribution in [1.82, 2.24) is 3.97 Å². The fraction of sp³-hybridized carbons (Fsp3) is 0.0811. The zero-order valence-electron chi connectivity index (χ0n) is 25.0. The number of fused-ring (bicyclic) bond motifs is 1. The minimum absolute atomic E-state index is 0.0504. The Morgan fingerprint density at radius 3 is 2.28 bits per heavy atom. The van der Waals surface area contributed by atoms with Gasteiger partial charge in [0.2, 0.25) is 0 Å². The largest absolute Gasteiger partial charge is 0.465 e. The second-order valence-electron chi connectivity index (χ2n) is 10.8. The van der Waals surface area contributed by atoms with Crippen LogP contribution in [0.15, 0.2) is 108 Å². The molecule has 0 fully saturated rings. The minimum Gasteiger partial charge on any atom is -0.465 e. The van der Waals surface area contributed by atoms with Gasteiger partial charge >= 0.3 is 5.97 Å². The van der Waals surface area contributed by atoms with Crippen molar-refractivity contribution in [2.45, 2.75) is 18.7 Å². The molecule has 6 nitrogen and oxygen atoms in total. The van der Waals surface area contributed by atoms with E-state index in [4.69, 9.17) is 16.3 Å². The molecule has 0 radical (unpaired) electrons. The number of carbonyl (C=O) groups excluding carboxylic acids is 1. The number of nitrogens with zero attached hydrogens (tertiary/aromatic N) is 2. The Hall–Kier alpha value is -5.23. The summed E-state index contributed by atoms with van der Waals surface area (Å²) in [5.74, 6) is -1.08. The normalized spacial score (nSPS) is 11.4. The first-order valence-electron chi connectivity index (χ1n) is 14.2. The molecule has 0 N–H and O–H groups in total. The molecule has 1 heterocycles. The molecule has 228 valence electrons. The number of aryl methyl sites for hydroxylation is 2. The summed E-state index contributed by atoms with van der Waals surface area (Å²) >= 11 is 6.64. The molecular weight excluding hydrogens is 623 g/mol. The molecule has 0 aliphatic heterocycles. The monoisotopic (exact) mass is 648 g/mol. The van der Waals surface area contributed by atoms with Crippen LogP contribution in [0.2, 0.25) is 5.02 Å². The van der Waals surface area contributed by atoms with Gasteiger partial charge in [-0.05, 0) is 73.5 Å². The van der Waals surface area contributed by atoms with E-state index in [1.54, 1.807) is 67.6 Å². The van der Waals surface area contributed by atoms with Crippen LogP contribution in [0.3, 0.4) is 0 Å². The van der Waals surface area contributed by atoms with E-state index in [1.165, 1.54) is 47.5 Å². The Bertz CT molecular complexity index is 2340. The molecule has 1 aromatic heterocycles. The average molecular weight is 649 g/mol. The third-order valence-electron chi connectivity index (χ3n) is 7.94. The lowest BCUT2D eigenvalue weighted by Crippen LogP contribution is -2.14. The van der Waals surface area contributed by atoms with Crippen LogP contribution in [0.5, 0.6) is 0 Å². The quantitative estimate of drug-likeness (QED) is 0.168. The topological polar surface area (TPSA) is 89.2 Å². The fourth-order valence-electron chi connectivity index (χ4n) is 5.69. The molecule has 0 unspecified atom stereocenters. The maximum atomic E-state index is 15.0. The van der Waals surface area contributed by atoms with E-state index in [0.29, 0.717) is 49.4 Å². The van der Waals surface area contributed by atoms with Crippen LogP contribution in [0.1, 0.15) is 27.0 Å². The van der Waals surface area contributed by atoms with Gasteiger partial charge in [0.25, 0.3) is 10.0 Å². The van der Waals surface area contributed by atoms with Gasteiger partial charge < -0.3 is 4.74 Å². The van der Waals surface area contributed by atoms with Crippen molar-refractivity contribution in [3.05, 3.63) is 136 Å². The number of aromatic nitrogens is 1. The first-order chi connectivity index (χ1) is 22.0. The van der Waals surface area contributed by atoms with E-state index in [1.807, 2.05) is 13.0 Å². The number of hydrogen-bond acceptors (Lipinski definition) is 5. The molecule has 6 aromatic rings. The zero-order valence-corrected chi connectivity index (χ0v) is 26.6. The van der Waals surface area contributed by atoms with Gasteiger partial charge in [-0.15, -0.1) is 0 Å². The molecule has 46 heavy (non-hydrogen) atoms. The molecule has 0 saturated carbocycles. The van der Waals surface area contributed by atoms with Gasteiger partial charge in [-0.25, -0.2) is 21.6 Å². The first kappa shape index (κ1) is 30.8. The van der Waals surface area contributed by atoms with E-state index in [2.05, 4.69) is 6.07 Å². The first-order valence-corrected chi connectivity index (χ1v) is 16.0. The van der Waals surface area contributed by atoms with Crippen LogP contribution >= 0.6 is 11.6 Å². The highest BCUT2D eigenvalue weighted by Crippen LogP contribution is 2.45. The zero-order chi connectivity index (χ0) is 32.7. The van der Waals surface area contributed by atoms with Crippen LogP contribution in [-0.4, -0.2) is 25.5 Å². The third-order valence-corrected chi connectivity index (χ3v) is 9.98. The molecule has 0 spiro atoms. The lowest BCUT2D eigenvalue weighted by Gasteiger charge is -2.16. The van der Waals surface area contributed by atoms with Crippen molar-refractivity contribution in [1.29, 1.82) is 5.26 Å². The smallest absolute Gasteiger partial charge is 0.337 e. The van der Waals surface area contributed by atoms with Gasteiger partial charge in [0.15, 0.2) is 0 Å². The van der Waals surface area contributed by atoms with Gasteiger partial charge in [-0.2, -0.15) is 5.26 Å². The van der Waals surface area contributed by atoms with Gasteiger partial charge in [0.1, 0.15) is 11.9 Å². The van der Waals surface area contributed by atoms with Crippen LogP contribution in [0.25, 0.3) is 44.4 Å². The summed E-state index contributed by atoms with van der Waals surface area (Å²) < 4.78 is 50.2. The molecule has 0 aliphatic rings. The standard InChI is InChI=1S/C37H26ClFN2O4S/c1-22-10-14-28(15-11-22)46(43,44)41-34-17-13-27(39)20-31(34)35(30-9-4-6-23(2)32(30)21-40)36(41)25-8-5-7-24(18-25)29-16-12-26(19-33(29)38)37(42)45-3/h4-20H,1-3H3. The van der Waals surface area contributed by atoms with Crippen LogP contribution in [-0.2, 0) is 14.8 Å². The lowest BCUT2D eigenvalue weighted by atomic mass is 9.92. The minimum atomic E-state index is -4.26. The number of carbonyl (C=O) groups is 1. The SMILES string of the molecule is COC(=O)c1ccc(-c2cccc(-c3c(-c4cccc(C)c4C#N)c4cc(F)ccc4n3S(=O)(=O)c3ccc(C)cc3)c2)c(Cl)c1. The Morgan fingerprint density at radius 1 is 0.870 bits per heavy atom. The van der Waals surface area contributed by atoms with Gasteiger partial charge in [-0.1, -0.05) is 71.8 Å². The molecule has 9 heteroatoms. The number of rotatable bonds is 6. The Kier molecular flexibility index (Phi) is 7.99. The highest BCUT2D eigenvalue weighted by Gasteiger charge is 2.30. The van der Waals surface area contributed by atoms with Crippen molar-refractivity contribution in [2.75, 3.05) is 7.11 Å². The van der Waals surface area contributed by atoms with E-state index in [9.17, 15) is 22.9 Å². The Labute approximate surface area is 270 Å². The summed E-state index contributed by atoms with van der Waals surface area (Å²) in [7, 11) is -2.98. The predicted octanol–water partition coefficient (Wildman–Crippen LogP) is 8.95. The summed E-state index contributed by atoms with van der Waals surface area (Å²) in [4.78, 5) is 12.1. The molecule has 0 atom stereocenters.